The van der Waals surface area contributed by atoms with E-state index in [4.69, 9.17) is 9.47 Å². The van der Waals surface area contributed by atoms with Gasteiger partial charge in [0.25, 0.3) is 0 Å². The maximum atomic E-state index is 5.80. The number of likely N-dealkylation sites (N-methyl/N-ethyl adjacent to an activating group) is 1. The molecule has 1 fully saturated rings. The molecular weight excluding hydrogens is 192 g/mol. The van der Waals surface area contributed by atoms with Crippen molar-refractivity contribution in [3.8, 4) is 11.5 Å². The van der Waals surface area contributed by atoms with Gasteiger partial charge >= 0.3 is 0 Å². The monoisotopic (exact) mass is 208 g/mol. The molecule has 1 unspecified atom stereocenters. The second-order valence-corrected chi connectivity index (χ2v) is 3.85. The van der Waals surface area contributed by atoms with E-state index in [0.29, 0.717) is 0 Å². The number of nitrogens with zero attached hydrogens (tertiary/aromatic N) is 2. The molecule has 1 aliphatic rings. The lowest BCUT2D eigenvalue weighted by Crippen LogP contribution is -2.21. The predicted octanol–water partition coefficient (Wildman–Crippen LogP) is 1.17. The normalized spacial score (nSPS) is 21.6. The fourth-order valence-corrected chi connectivity index (χ4v) is 1.76. The van der Waals surface area contributed by atoms with Crippen LogP contribution in [0.15, 0.2) is 18.5 Å². The van der Waals surface area contributed by atoms with Crippen molar-refractivity contribution in [3.63, 3.8) is 0 Å². The second-order valence-electron chi connectivity index (χ2n) is 3.85. The van der Waals surface area contributed by atoms with Gasteiger partial charge in [-0.1, -0.05) is 0 Å². The molecule has 1 atom stereocenters. The van der Waals surface area contributed by atoms with Crippen molar-refractivity contribution in [1.82, 2.24) is 9.88 Å². The zero-order valence-electron chi connectivity index (χ0n) is 9.14. The molecule has 2 heterocycles. The van der Waals surface area contributed by atoms with E-state index in [9.17, 15) is 0 Å². The minimum atomic E-state index is 0.281. The fraction of sp³-hybridized carbons (Fsp3) is 0.545. The van der Waals surface area contributed by atoms with E-state index in [1.807, 2.05) is 6.07 Å². The molecule has 82 valence electrons. The Morgan fingerprint density at radius 1 is 1.40 bits per heavy atom. The number of methoxy groups -OCH3 is 1. The first-order valence-electron chi connectivity index (χ1n) is 5.12. The molecule has 1 saturated heterocycles. The molecule has 2 rings (SSSR count). The van der Waals surface area contributed by atoms with Gasteiger partial charge in [0.15, 0.2) is 0 Å². The number of likely N-dealkylation sites (tertiary alicyclic amines) is 1. The summed E-state index contributed by atoms with van der Waals surface area (Å²) < 4.78 is 10.9. The number of hydrogen-bond acceptors (Lipinski definition) is 4. The van der Waals surface area contributed by atoms with Gasteiger partial charge in [-0.15, -0.1) is 0 Å². The standard InChI is InChI=1S/C11H16N2O2/c1-13-4-3-9(8-13)15-11-5-10(14-2)6-12-7-11/h5-7,9H,3-4,8H2,1-2H3. The molecule has 0 radical (unpaired) electrons. The highest BCUT2D eigenvalue weighted by atomic mass is 16.5. The molecule has 0 amide bonds. The number of pyridine rings is 1. The molecule has 1 aromatic rings. The summed E-state index contributed by atoms with van der Waals surface area (Å²) in [4.78, 5) is 6.32. The van der Waals surface area contributed by atoms with Crippen molar-refractivity contribution in [1.29, 1.82) is 0 Å². The fourth-order valence-electron chi connectivity index (χ4n) is 1.76. The van der Waals surface area contributed by atoms with Crippen LogP contribution in [0.3, 0.4) is 0 Å². The van der Waals surface area contributed by atoms with Crippen LogP contribution in [0.25, 0.3) is 0 Å². The zero-order chi connectivity index (χ0) is 10.7. The van der Waals surface area contributed by atoms with Gasteiger partial charge in [-0.3, -0.25) is 4.98 Å². The lowest BCUT2D eigenvalue weighted by molar-refractivity contribution is 0.206. The lowest BCUT2D eigenvalue weighted by Gasteiger charge is -2.13. The summed E-state index contributed by atoms with van der Waals surface area (Å²) in [7, 11) is 3.73. The highest BCUT2D eigenvalue weighted by Gasteiger charge is 2.20. The van der Waals surface area contributed by atoms with Crippen LogP contribution < -0.4 is 9.47 Å². The topological polar surface area (TPSA) is 34.6 Å². The summed E-state index contributed by atoms with van der Waals surface area (Å²) in [5.74, 6) is 1.52. The molecule has 0 bridgehead atoms. The molecule has 0 aliphatic carbocycles. The summed E-state index contributed by atoms with van der Waals surface area (Å²) in [6.07, 6.45) is 4.76. The van der Waals surface area contributed by atoms with E-state index in [-0.39, 0.29) is 6.10 Å². The van der Waals surface area contributed by atoms with Gasteiger partial charge in [0.05, 0.1) is 19.5 Å². The Hall–Kier alpha value is -1.29. The van der Waals surface area contributed by atoms with Gasteiger partial charge in [0, 0.05) is 19.2 Å². The Labute approximate surface area is 89.8 Å². The van der Waals surface area contributed by atoms with E-state index in [1.54, 1.807) is 19.5 Å². The van der Waals surface area contributed by atoms with Crippen LogP contribution in [-0.4, -0.2) is 43.2 Å². The highest BCUT2D eigenvalue weighted by molar-refractivity contribution is 5.28. The minimum Gasteiger partial charge on any atom is -0.495 e. The van der Waals surface area contributed by atoms with Gasteiger partial charge in [0.2, 0.25) is 0 Å². The van der Waals surface area contributed by atoms with Gasteiger partial charge in [-0.2, -0.15) is 0 Å². The third-order valence-electron chi connectivity index (χ3n) is 2.57. The third-order valence-corrected chi connectivity index (χ3v) is 2.57. The molecule has 0 saturated carbocycles. The molecule has 0 aromatic carbocycles. The molecule has 0 N–H and O–H groups in total. The number of ether oxygens (including phenoxy) is 2. The largest absolute Gasteiger partial charge is 0.495 e. The van der Waals surface area contributed by atoms with Crippen molar-refractivity contribution < 1.29 is 9.47 Å². The van der Waals surface area contributed by atoms with Crippen LogP contribution >= 0.6 is 0 Å². The summed E-state index contributed by atoms with van der Waals surface area (Å²) in [5, 5.41) is 0. The zero-order valence-corrected chi connectivity index (χ0v) is 9.14. The van der Waals surface area contributed by atoms with E-state index < -0.39 is 0 Å². The smallest absolute Gasteiger partial charge is 0.141 e. The quantitative estimate of drug-likeness (QED) is 0.747. The van der Waals surface area contributed by atoms with E-state index >= 15 is 0 Å². The van der Waals surface area contributed by atoms with Crippen LogP contribution in [0.5, 0.6) is 11.5 Å². The molecule has 1 aliphatic heterocycles. The number of aromatic nitrogens is 1. The van der Waals surface area contributed by atoms with Crippen molar-refractivity contribution in [2.24, 2.45) is 0 Å². The van der Waals surface area contributed by atoms with Gasteiger partial charge < -0.3 is 14.4 Å². The first kappa shape index (κ1) is 10.2. The van der Waals surface area contributed by atoms with Crippen LogP contribution in [0.1, 0.15) is 6.42 Å². The summed E-state index contributed by atoms with van der Waals surface area (Å²) >= 11 is 0. The average Bonchev–Trinajstić information content (AvgIpc) is 2.64. The third kappa shape index (κ3) is 2.59. The minimum absolute atomic E-state index is 0.281. The SMILES string of the molecule is COc1cncc(OC2CCN(C)C2)c1. The lowest BCUT2D eigenvalue weighted by atomic mass is 10.3. The molecule has 4 heteroatoms. The summed E-state index contributed by atoms with van der Waals surface area (Å²) in [6.45, 7) is 2.08. The number of hydrogen-bond donors (Lipinski definition) is 0. The Balaban J connectivity index is 1.98. The first-order chi connectivity index (χ1) is 7.28. The van der Waals surface area contributed by atoms with E-state index in [1.165, 1.54) is 0 Å². The van der Waals surface area contributed by atoms with Crippen molar-refractivity contribution in [2.45, 2.75) is 12.5 Å². The van der Waals surface area contributed by atoms with Gasteiger partial charge in [-0.25, -0.2) is 0 Å². The number of rotatable bonds is 3. The molecule has 0 spiro atoms. The van der Waals surface area contributed by atoms with E-state index in [0.717, 1.165) is 31.0 Å². The Morgan fingerprint density at radius 2 is 2.20 bits per heavy atom. The highest BCUT2D eigenvalue weighted by Crippen LogP contribution is 2.20. The van der Waals surface area contributed by atoms with Crippen molar-refractivity contribution >= 4 is 0 Å². The van der Waals surface area contributed by atoms with Crippen molar-refractivity contribution in [2.75, 3.05) is 27.2 Å². The van der Waals surface area contributed by atoms with E-state index in [2.05, 4.69) is 16.9 Å². The van der Waals surface area contributed by atoms with Crippen LogP contribution in [0, 0.1) is 0 Å². The van der Waals surface area contributed by atoms with Crippen LogP contribution in [-0.2, 0) is 0 Å². The van der Waals surface area contributed by atoms with Crippen LogP contribution in [0.4, 0.5) is 0 Å². The van der Waals surface area contributed by atoms with Gasteiger partial charge in [0.1, 0.15) is 17.6 Å². The summed E-state index contributed by atoms with van der Waals surface area (Å²) in [5.41, 5.74) is 0. The second kappa shape index (κ2) is 4.49. The summed E-state index contributed by atoms with van der Waals surface area (Å²) in [6, 6.07) is 1.87. The van der Waals surface area contributed by atoms with Gasteiger partial charge in [-0.05, 0) is 13.5 Å². The predicted molar refractivity (Wildman–Crippen MR) is 57.3 cm³/mol. The maximum Gasteiger partial charge on any atom is 0.141 e. The van der Waals surface area contributed by atoms with Crippen molar-refractivity contribution in [3.05, 3.63) is 18.5 Å². The Kier molecular flexibility index (Phi) is 3.06. The molecule has 4 nitrogen and oxygen atoms in total. The maximum absolute atomic E-state index is 5.80. The Bertz CT molecular complexity index is 330. The molecule has 1 aromatic heterocycles. The first-order valence-corrected chi connectivity index (χ1v) is 5.12. The molecular formula is C11H16N2O2. The Morgan fingerprint density at radius 3 is 2.87 bits per heavy atom. The average molecular weight is 208 g/mol. The van der Waals surface area contributed by atoms with Crippen LogP contribution in [0.2, 0.25) is 0 Å². The molecule has 15 heavy (non-hydrogen) atoms.